The number of H-pyrrole nitrogens is 1. The number of aromatic amines is 1. The van der Waals surface area contributed by atoms with E-state index in [0.29, 0.717) is 0 Å². The van der Waals surface area contributed by atoms with E-state index in [1.807, 2.05) is 4.98 Å². The number of alkyl halides is 2. The van der Waals surface area contributed by atoms with E-state index in [1.54, 1.807) is 0 Å². The molecule has 1 rings (SSSR count). The van der Waals surface area contributed by atoms with Gasteiger partial charge in [0, 0.05) is 5.56 Å². The van der Waals surface area contributed by atoms with Crippen LogP contribution in [0.5, 0.6) is 5.75 Å². The topological polar surface area (TPSA) is 79.4 Å². The maximum absolute atomic E-state index is 12.3. The lowest BCUT2D eigenvalue weighted by atomic mass is 10.1. The van der Waals surface area contributed by atoms with Gasteiger partial charge in [0.2, 0.25) is 0 Å². The van der Waals surface area contributed by atoms with Gasteiger partial charge in [0.15, 0.2) is 5.75 Å². The molecule has 88 valence electrons. The number of carboxylic acids is 1. The molecule has 16 heavy (non-hydrogen) atoms. The summed E-state index contributed by atoms with van der Waals surface area (Å²) in [6, 6.07) is 0.916. The van der Waals surface area contributed by atoms with Crippen LogP contribution in [0.15, 0.2) is 10.9 Å². The van der Waals surface area contributed by atoms with Crippen LogP contribution in [-0.4, -0.2) is 23.2 Å². The predicted molar refractivity (Wildman–Crippen MR) is 49.9 cm³/mol. The van der Waals surface area contributed by atoms with Crippen LogP contribution < -0.4 is 10.3 Å². The number of aliphatic carboxylic acids is 1. The fraction of sp³-hybridized carbons (Fsp3) is 0.333. The minimum atomic E-state index is -2.87. The van der Waals surface area contributed by atoms with Crippen LogP contribution in [0.2, 0.25) is 0 Å². The van der Waals surface area contributed by atoms with Crippen LogP contribution in [0.4, 0.5) is 8.78 Å². The Hall–Kier alpha value is -1.92. The summed E-state index contributed by atoms with van der Waals surface area (Å²) >= 11 is 0. The lowest BCUT2D eigenvalue weighted by Crippen LogP contribution is -2.16. The van der Waals surface area contributed by atoms with Crippen LogP contribution in [0, 0.1) is 0 Å². The predicted octanol–water partition coefficient (Wildman–Crippen LogP) is 0.948. The largest absolute Gasteiger partial charge is 0.491 e. The normalized spacial score (nSPS) is 10.5. The van der Waals surface area contributed by atoms with Crippen LogP contribution in [0.1, 0.15) is 17.7 Å². The van der Waals surface area contributed by atoms with Crippen molar-refractivity contribution in [1.82, 2.24) is 4.98 Å². The van der Waals surface area contributed by atoms with Gasteiger partial charge in [-0.15, -0.1) is 0 Å². The third kappa shape index (κ3) is 2.56. The Morgan fingerprint density at radius 3 is 2.69 bits per heavy atom. The molecule has 0 atom stereocenters. The van der Waals surface area contributed by atoms with E-state index >= 15 is 0 Å². The highest BCUT2D eigenvalue weighted by Crippen LogP contribution is 2.20. The number of carbonyl (C=O) groups is 1. The first-order chi connectivity index (χ1) is 7.45. The molecule has 0 radical (unpaired) electrons. The Labute approximate surface area is 88.7 Å². The lowest BCUT2D eigenvalue weighted by molar-refractivity contribution is -0.136. The van der Waals surface area contributed by atoms with Crippen molar-refractivity contribution in [3.05, 3.63) is 27.7 Å². The summed E-state index contributed by atoms with van der Waals surface area (Å²) < 4.78 is 29.3. The van der Waals surface area contributed by atoms with E-state index in [2.05, 4.69) is 4.74 Å². The number of ether oxygens (including phenoxy) is 1. The second kappa shape index (κ2) is 4.73. The molecule has 0 aromatic carbocycles. The summed E-state index contributed by atoms with van der Waals surface area (Å²) in [5.74, 6) is -1.49. The zero-order valence-electron chi connectivity index (χ0n) is 8.29. The van der Waals surface area contributed by atoms with Crippen LogP contribution in [0.25, 0.3) is 0 Å². The van der Waals surface area contributed by atoms with Gasteiger partial charge in [-0.2, -0.15) is 0 Å². The molecular formula is C9H9F2NO4. The zero-order valence-corrected chi connectivity index (χ0v) is 8.29. The third-order valence-electron chi connectivity index (χ3n) is 1.87. The average molecular weight is 233 g/mol. The molecule has 1 heterocycles. The van der Waals surface area contributed by atoms with E-state index in [0.717, 1.165) is 13.2 Å². The van der Waals surface area contributed by atoms with Gasteiger partial charge < -0.3 is 14.8 Å². The second-order valence-electron chi connectivity index (χ2n) is 2.98. The summed E-state index contributed by atoms with van der Waals surface area (Å²) in [6.45, 7) is 0. The highest BCUT2D eigenvalue weighted by molar-refractivity contribution is 5.71. The first-order valence-electron chi connectivity index (χ1n) is 4.25. The molecule has 0 saturated carbocycles. The number of nitrogens with one attached hydrogen (secondary N) is 1. The van der Waals surface area contributed by atoms with Gasteiger partial charge in [-0.3, -0.25) is 9.59 Å². The first-order valence-corrected chi connectivity index (χ1v) is 4.25. The molecule has 0 aliphatic carbocycles. The van der Waals surface area contributed by atoms with Crippen molar-refractivity contribution in [2.24, 2.45) is 0 Å². The van der Waals surface area contributed by atoms with Crippen LogP contribution >= 0.6 is 0 Å². The number of hydrogen-bond acceptors (Lipinski definition) is 3. The van der Waals surface area contributed by atoms with Crippen molar-refractivity contribution in [1.29, 1.82) is 0 Å². The molecule has 0 spiro atoms. The van der Waals surface area contributed by atoms with Crippen molar-refractivity contribution in [3.8, 4) is 5.75 Å². The average Bonchev–Trinajstić information content (AvgIpc) is 2.16. The van der Waals surface area contributed by atoms with Crippen molar-refractivity contribution in [2.75, 3.05) is 7.11 Å². The molecule has 1 aromatic heterocycles. The van der Waals surface area contributed by atoms with Crippen LogP contribution in [-0.2, 0) is 11.2 Å². The Morgan fingerprint density at radius 2 is 2.25 bits per heavy atom. The summed E-state index contributed by atoms with van der Waals surface area (Å²) in [6.07, 6.45) is -3.42. The van der Waals surface area contributed by atoms with Gasteiger partial charge in [-0.1, -0.05) is 0 Å². The van der Waals surface area contributed by atoms with E-state index < -0.39 is 30.1 Å². The number of halogens is 2. The molecule has 0 amide bonds. The quantitative estimate of drug-likeness (QED) is 0.811. The van der Waals surface area contributed by atoms with Gasteiger partial charge >= 0.3 is 5.97 Å². The summed E-state index contributed by atoms with van der Waals surface area (Å²) in [7, 11) is 1.16. The first kappa shape index (κ1) is 12.2. The third-order valence-corrected chi connectivity index (χ3v) is 1.87. The SMILES string of the molecule is COc1c(CC(=O)O)cc(C(F)F)[nH]c1=O. The highest BCUT2D eigenvalue weighted by atomic mass is 19.3. The summed E-state index contributed by atoms with van der Waals surface area (Å²) in [5, 5.41) is 8.55. The molecule has 0 aliphatic rings. The number of methoxy groups -OCH3 is 1. The molecule has 2 N–H and O–H groups in total. The smallest absolute Gasteiger partial charge is 0.307 e. The molecule has 5 nitrogen and oxygen atoms in total. The second-order valence-corrected chi connectivity index (χ2v) is 2.98. The number of carboxylic acid groups (broad SMARTS) is 1. The Bertz CT molecular complexity index is 455. The van der Waals surface area contributed by atoms with Gasteiger partial charge in [0.25, 0.3) is 12.0 Å². The maximum atomic E-state index is 12.3. The van der Waals surface area contributed by atoms with Crippen LogP contribution in [0.3, 0.4) is 0 Å². The van der Waals surface area contributed by atoms with Gasteiger partial charge in [-0.05, 0) is 6.07 Å². The van der Waals surface area contributed by atoms with E-state index in [4.69, 9.17) is 5.11 Å². The van der Waals surface area contributed by atoms with Gasteiger partial charge in [0.1, 0.15) is 0 Å². The van der Waals surface area contributed by atoms with Gasteiger partial charge in [0.05, 0.1) is 19.2 Å². The van der Waals surface area contributed by atoms with Crippen molar-refractivity contribution < 1.29 is 23.4 Å². The molecule has 0 bridgehead atoms. The van der Waals surface area contributed by atoms with Crippen molar-refractivity contribution in [2.45, 2.75) is 12.8 Å². The molecule has 0 fully saturated rings. The molecular weight excluding hydrogens is 224 g/mol. The Kier molecular flexibility index (Phi) is 3.60. The maximum Gasteiger partial charge on any atom is 0.307 e. The molecule has 7 heteroatoms. The number of hydrogen-bond donors (Lipinski definition) is 2. The fourth-order valence-electron chi connectivity index (χ4n) is 1.26. The van der Waals surface area contributed by atoms with Crippen molar-refractivity contribution in [3.63, 3.8) is 0 Å². The molecule has 0 unspecified atom stereocenters. The lowest BCUT2D eigenvalue weighted by Gasteiger charge is -2.07. The summed E-state index contributed by atoms with van der Waals surface area (Å²) in [4.78, 5) is 23.7. The molecule has 0 saturated heterocycles. The van der Waals surface area contributed by atoms with E-state index in [1.165, 1.54) is 0 Å². The number of rotatable bonds is 4. The van der Waals surface area contributed by atoms with Crippen molar-refractivity contribution >= 4 is 5.97 Å². The number of pyridine rings is 1. The zero-order chi connectivity index (χ0) is 12.3. The standard InChI is InChI=1S/C9H9F2NO4/c1-16-7-4(3-6(13)14)2-5(8(10)11)12-9(7)15/h2,8H,3H2,1H3,(H,12,15)(H,13,14). The number of aromatic nitrogens is 1. The Balaban J connectivity index is 3.30. The molecule has 0 aliphatic heterocycles. The fourth-order valence-corrected chi connectivity index (χ4v) is 1.26. The van der Waals surface area contributed by atoms with Gasteiger partial charge in [-0.25, -0.2) is 8.78 Å². The van der Waals surface area contributed by atoms with E-state index in [-0.39, 0.29) is 11.3 Å². The Morgan fingerprint density at radius 1 is 1.62 bits per heavy atom. The minimum Gasteiger partial charge on any atom is -0.491 e. The minimum absolute atomic E-state index is 0.0750. The van der Waals surface area contributed by atoms with E-state index in [9.17, 15) is 18.4 Å². The highest BCUT2D eigenvalue weighted by Gasteiger charge is 2.17. The summed E-state index contributed by atoms with van der Waals surface area (Å²) in [5.41, 5.74) is -1.56. The monoisotopic (exact) mass is 233 g/mol. The molecule has 1 aromatic rings.